The Morgan fingerprint density at radius 3 is 2.06 bits per heavy atom. The van der Waals surface area contributed by atoms with Crippen LogP contribution in [0.5, 0.6) is 0 Å². The number of carbonyl (C=O) groups is 1. The van der Waals surface area contributed by atoms with Crippen LogP contribution in [0.2, 0.25) is 0 Å². The first kappa shape index (κ1) is 22.1. The van der Waals surface area contributed by atoms with E-state index in [0.717, 1.165) is 5.56 Å². The number of hydrogen-bond donors (Lipinski definition) is 0. The summed E-state index contributed by atoms with van der Waals surface area (Å²) in [5.74, 6) is 1.12. The molecule has 3 aromatic rings. The van der Waals surface area contributed by atoms with E-state index in [0.29, 0.717) is 50.5 Å². The SMILES string of the molecule is O=C(C1CCN(S(=O)(=O)/C=C/c2ccccc2)CC1)N(Cc1ccco1)Cc1ccco1. The van der Waals surface area contributed by atoms with Gasteiger partial charge in [0.2, 0.25) is 15.9 Å². The maximum absolute atomic E-state index is 13.3. The van der Waals surface area contributed by atoms with Crippen molar-refractivity contribution in [2.45, 2.75) is 25.9 Å². The number of piperidine rings is 1. The van der Waals surface area contributed by atoms with Crippen molar-refractivity contribution < 1.29 is 22.0 Å². The van der Waals surface area contributed by atoms with Gasteiger partial charge in [-0.3, -0.25) is 4.79 Å². The largest absolute Gasteiger partial charge is 0.467 e. The molecule has 32 heavy (non-hydrogen) atoms. The summed E-state index contributed by atoms with van der Waals surface area (Å²) in [5.41, 5.74) is 0.827. The van der Waals surface area contributed by atoms with E-state index in [1.165, 1.54) is 9.71 Å². The molecule has 1 aromatic carbocycles. The van der Waals surface area contributed by atoms with Gasteiger partial charge in [0.25, 0.3) is 0 Å². The number of furan rings is 2. The molecule has 0 aliphatic carbocycles. The molecule has 0 spiro atoms. The van der Waals surface area contributed by atoms with Crippen molar-refractivity contribution in [3.8, 4) is 0 Å². The topological polar surface area (TPSA) is 84.0 Å². The van der Waals surface area contributed by atoms with Gasteiger partial charge in [-0.25, -0.2) is 8.42 Å². The summed E-state index contributed by atoms with van der Waals surface area (Å²) in [6.07, 6.45) is 5.71. The van der Waals surface area contributed by atoms with Crippen LogP contribution in [-0.2, 0) is 27.9 Å². The van der Waals surface area contributed by atoms with Crippen LogP contribution in [0.15, 0.2) is 81.4 Å². The third-order valence-electron chi connectivity index (χ3n) is 5.56. The van der Waals surface area contributed by atoms with Crippen molar-refractivity contribution in [3.63, 3.8) is 0 Å². The van der Waals surface area contributed by atoms with Crippen LogP contribution in [-0.4, -0.2) is 36.6 Å². The molecule has 0 radical (unpaired) electrons. The highest BCUT2D eigenvalue weighted by Gasteiger charge is 2.32. The van der Waals surface area contributed by atoms with E-state index < -0.39 is 10.0 Å². The first-order valence-electron chi connectivity index (χ1n) is 10.6. The number of sulfonamides is 1. The third-order valence-corrected chi connectivity index (χ3v) is 7.13. The van der Waals surface area contributed by atoms with Gasteiger partial charge < -0.3 is 13.7 Å². The second-order valence-corrected chi connectivity index (χ2v) is 9.60. The number of rotatable bonds is 8. The van der Waals surface area contributed by atoms with Crippen LogP contribution < -0.4 is 0 Å². The molecule has 1 fully saturated rings. The predicted molar refractivity (Wildman–Crippen MR) is 120 cm³/mol. The highest BCUT2D eigenvalue weighted by Crippen LogP contribution is 2.24. The van der Waals surface area contributed by atoms with Gasteiger partial charge in [-0.15, -0.1) is 0 Å². The minimum atomic E-state index is -3.54. The lowest BCUT2D eigenvalue weighted by Crippen LogP contribution is -2.43. The van der Waals surface area contributed by atoms with Crippen LogP contribution in [0.1, 0.15) is 29.9 Å². The first-order chi connectivity index (χ1) is 15.5. The van der Waals surface area contributed by atoms with Crippen LogP contribution in [0.4, 0.5) is 0 Å². The van der Waals surface area contributed by atoms with Crippen molar-refractivity contribution in [2.75, 3.05) is 13.1 Å². The second-order valence-electron chi connectivity index (χ2n) is 7.78. The fourth-order valence-electron chi connectivity index (χ4n) is 3.82. The Bertz CT molecular complexity index is 1080. The van der Waals surface area contributed by atoms with E-state index in [9.17, 15) is 13.2 Å². The average Bonchev–Trinajstić information content (AvgIpc) is 3.52. The van der Waals surface area contributed by atoms with Gasteiger partial charge in [0.15, 0.2) is 0 Å². The molecule has 0 unspecified atom stereocenters. The molecule has 7 nitrogen and oxygen atoms in total. The Hall–Kier alpha value is -3.10. The van der Waals surface area contributed by atoms with Crippen LogP contribution >= 0.6 is 0 Å². The molecule has 8 heteroatoms. The van der Waals surface area contributed by atoms with Gasteiger partial charge in [0.05, 0.1) is 25.6 Å². The van der Waals surface area contributed by atoms with Gasteiger partial charge in [-0.05, 0) is 48.7 Å². The van der Waals surface area contributed by atoms with E-state index in [4.69, 9.17) is 8.83 Å². The van der Waals surface area contributed by atoms with Gasteiger partial charge in [-0.2, -0.15) is 4.31 Å². The van der Waals surface area contributed by atoms with Gasteiger partial charge in [0.1, 0.15) is 11.5 Å². The summed E-state index contributed by atoms with van der Waals surface area (Å²) in [6, 6.07) is 16.5. The minimum Gasteiger partial charge on any atom is -0.467 e. The first-order valence-corrected chi connectivity index (χ1v) is 12.1. The maximum Gasteiger partial charge on any atom is 0.236 e. The quantitative estimate of drug-likeness (QED) is 0.511. The molecule has 0 atom stereocenters. The molecule has 4 rings (SSSR count). The lowest BCUT2D eigenvalue weighted by molar-refractivity contribution is -0.138. The summed E-state index contributed by atoms with van der Waals surface area (Å²) in [5, 5.41) is 1.24. The number of nitrogens with zero attached hydrogens (tertiary/aromatic N) is 2. The van der Waals surface area contributed by atoms with Gasteiger partial charge >= 0.3 is 0 Å². The van der Waals surface area contributed by atoms with Crippen molar-refractivity contribution >= 4 is 22.0 Å². The third kappa shape index (κ3) is 5.57. The normalized spacial score (nSPS) is 15.9. The number of amides is 1. The summed E-state index contributed by atoms with van der Waals surface area (Å²) < 4.78 is 37.7. The molecular weight excluding hydrogens is 428 g/mol. The molecular formula is C24H26N2O5S. The van der Waals surface area contributed by atoms with Crippen molar-refractivity contribution in [1.29, 1.82) is 0 Å². The molecule has 0 N–H and O–H groups in total. The summed E-state index contributed by atoms with van der Waals surface area (Å²) in [6.45, 7) is 1.30. The fourth-order valence-corrected chi connectivity index (χ4v) is 5.04. The minimum absolute atomic E-state index is 0.0188. The van der Waals surface area contributed by atoms with Crippen molar-refractivity contribution in [2.24, 2.45) is 5.92 Å². The monoisotopic (exact) mass is 454 g/mol. The standard InChI is InChI=1S/C24H26N2O5S/c27-24(25(18-22-8-4-15-30-22)19-23-9-5-16-31-23)21-10-13-26(14-11-21)32(28,29)17-12-20-6-2-1-3-7-20/h1-9,12,15-17,21H,10-11,13-14,18-19H2/b17-12+. The van der Waals surface area contributed by atoms with E-state index in [1.54, 1.807) is 35.6 Å². The molecule has 0 bridgehead atoms. The Kier molecular flexibility index (Phi) is 6.92. The van der Waals surface area contributed by atoms with E-state index in [-0.39, 0.29) is 11.8 Å². The number of benzene rings is 1. The zero-order chi connectivity index (χ0) is 22.4. The van der Waals surface area contributed by atoms with Gasteiger partial charge in [-0.1, -0.05) is 30.3 Å². The fraction of sp³-hybridized carbons (Fsp3) is 0.292. The second kappa shape index (κ2) is 10.0. The van der Waals surface area contributed by atoms with E-state index in [2.05, 4.69) is 0 Å². The Morgan fingerprint density at radius 2 is 1.53 bits per heavy atom. The molecule has 1 aliphatic rings. The molecule has 1 saturated heterocycles. The van der Waals surface area contributed by atoms with E-state index >= 15 is 0 Å². The molecule has 2 aromatic heterocycles. The Balaban J connectivity index is 1.39. The molecule has 3 heterocycles. The van der Waals surface area contributed by atoms with Crippen LogP contribution in [0.25, 0.3) is 6.08 Å². The van der Waals surface area contributed by atoms with Gasteiger partial charge in [0, 0.05) is 24.4 Å². The average molecular weight is 455 g/mol. The molecule has 1 amide bonds. The highest BCUT2D eigenvalue weighted by molar-refractivity contribution is 7.92. The zero-order valence-corrected chi connectivity index (χ0v) is 18.5. The summed E-state index contributed by atoms with van der Waals surface area (Å²) in [7, 11) is -3.54. The molecule has 168 valence electrons. The molecule has 1 aliphatic heterocycles. The Morgan fingerprint density at radius 1 is 0.938 bits per heavy atom. The Labute approximate surface area is 188 Å². The smallest absolute Gasteiger partial charge is 0.236 e. The summed E-state index contributed by atoms with van der Waals surface area (Å²) in [4.78, 5) is 15.0. The molecule has 0 saturated carbocycles. The number of carbonyl (C=O) groups excluding carboxylic acids is 1. The zero-order valence-electron chi connectivity index (χ0n) is 17.7. The van der Waals surface area contributed by atoms with Crippen LogP contribution in [0.3, 0.4) is 0 Å². The highest BCUT2D eigenvalue weighted by atomic mass is 32.2. The number of hydrogen-bond acceptors (Lipinski definition) is 5. The summed E-state index contributed by atoms with van der Waals surface area (Å²) >= 11 is 0. The van der Waals surface area contributed by atoms with Crippen LogP contribution in [0, 0.1) is 5.92 Å². The predicted octanol–water partition coefficient (Wildman–Crippen LogP) is 4.11. The lowest BCUT2D eigenvalue weighted by atomic mass is 9.96. The lowest BCUT2D eigenvalue weighted by Gasteiger charge is -2.32. The van der Waals surface area contributed by atoms with E-state index in [1.807, 2.05) is 42.5 Å². The van der Waals surface area contributed by atoms with Crippen molar-refractivity contribution in [3.05, 3.63) is 89.6 Å². The maximum atomic E-state index is 13.3. The van der Waals surface area contributed by atoms with Crippen molar-refractivity contribution in [1.82, 2.24) is 9.21 Å².